The second kappa shape index (κ2) is 6.26. The predicted molar refractivity (Wildman–Crippen MR) is 78.8 cm³/mol. The normalized spacial score (nSPS) is 10.2. The molecule has 0 fully saturated rings. The molecule has 118 valence electrons. The molecule has 0 spiro atoms. The van der Waals surface area contributed by atoms with Gasteiger partial charge in [0.1, 0.15) is 11.6 Å². The first kappa shape index (κ1) is 15.3. The fourth-order valence-corrected chi connectivity index (χ4v) is 1.91. The molecule has 3 rings (SSSR count). The standard InChI is InChI=1S/C16H8F2N4O2/c17-11-5-6-12(13(18)7-11)15-21-22-16(24-15)20-14(23)10-3-1-9(8-19)2-4-10/h1-7H,(H,20,22,23). The fourth-order valence-electron chi connectivity index (χ4n) is 1.91. The first-order valence-corrected chi connectivity index (χ1v) is 6.67. The quantitative estimate of drug-likeness (QED) is 0.798. The third-order valence-corrected chi connectivity index (χ3v) is 3.08. The van der Waals surface area contributed by atoms with Gasteiger partial charge in [0.2, 0.25) is 0 Å². The van der Waals surface area contributed by atoms with Gasteiger partial charge in [-0.1, -0.05) is 5.10 Å². The summed E-state index contributed by atoms with van der Waals surface area (Å²) in [5.74, 6) is -2.31. The van der Waals surface area contributed by atoms with E-state index in [-0.39, 0.29) is 23.0 Å². The predicted octanol–water partition coefficient (Wildman–Crippen LogP) is 3.14. The number of carbonyl (C=O) groups is 1. The first-order chi connectivity index (χ1) is 11.6. The number of hydrogen-bond acceptors (Lipinski definition) is 5. The van der Waals surface area contributed by atoms with E-state index in [9.17, 15) is 13.6 Å². The first-order valence-electron chi connectivity index (χ1n) is 6.67. The van der Waals surface area contributed by atoms with Crippen LogP contribution in [0.15, 0.2) is 46.9 Å². The largest absolute Gasteiger partial charge is 0.403 e. The number of rotatable bonds is 3. The molecule has 8 heteroatoms. The molecule has 0 unspecified atom stereocenters. The van der Waals surface area contributed by atoms with E-state index >= 15 is 0 Å². The van der Waals surface area contributed by atoms with Crippen LogP contribution in [0.5, 0.6) is 0 Å². The van der Waals surface area contributed by atoms with Crippen LogP contribution in [0.1, 0.15) is 15.9 Å². The lowest BCUT2D eigenvalue weighted by molar-refractivity contribution is 0.102. The minimum atomic E-state index is -0.858. The molecule has 2 aromatic carbocycles. The Morgan fingerprint density at radius 1 is 1.12 bits per heavy atom. The van der Waals surface area contributed by atoms with Gasteiger partial charge in [-0.05, 0) is 36.4 Å². The Morgan fingerprint density at radius 3 is 2.54 bits per heavy atom. The topological polar surface area (TPSA) is 91.8 Å². The fraction of sp³-hybridized carbons (Fsp3) is 0. The van der Waals surface area contributed by atoms with Crippen molar-refractivity contribution in [3.8, 4) is 17.5 Å². The van der Waals surface area contributed by atoms with Crippen LogP contribution in [0.25, 0.3) is 11.5 Å². The van der Waals surface area contributed by atoms with E-state index in [1.54, 1.807) is 0 Å². The maximum atomic E-state index is 13.7. The van der Waals surface area contributed by atoms with Gasteiger partial charge >= 0.3 is 6.01 Å². The van der Waals surface area contributed by atoms with Crippen molar-refractivity contribution in [2.75, 3.05) is 5.32 Å². The molecule has 1 N–H and O–H groups in total. The van der Waals surface area contributed by atoms with E-state index in [0.29, 0.717) is 11.6 Å². The van der Waals surface area contributed by atoms with Gasteiger partial charge in [-0.2, -0.15) is 5.26 Å². The van der Waals surface area contributed by atoms with Gasteiger partial charge in [0.25, 0.3) is 11.8 Å². The van der Waals surface area contributed by atoms with Crippen LogP contribution in [0.2, 0.25) is 0 Å². The second-order valence-corrected chi connectivity index (χ2v) is 4.68. The van der Waals surface area contributed by atoms with Crippen LogP contribution in [0, 0.1) is 23.0 Å². The SMILES string of the molecule is N#Cc1ccc(C(=O)Nc2nnc(-c3ccc(F)cc3F)o2)cc1. The monoisotopic (exact) mass is 326 g/mol. The van der Waals surface area contributed by atoms with E-state index in [0.717, 1.165) is 12.1 Å². The van der Waals surface area contributed by atoms with Crippen molar-refractivity contribution < 1.29 is 18.0 Å². The number of carbonyl (C=O) groups excluding carboxylic acids is 1. The van der Waals surface area contributed by atoms with Crippen molar-refractivity contribution in [3.05, 3.63) is 65.2 Å². The van der Waals surface area contributed by atoms with E-state index in [1.165, 1.54) is 24.3 Å². The Labute approximate surface area is 134 Å². The molecule has 1 amide bonds. The minimum absolute atomic E-state index is 0.0808. The van der Waals surface area contributed by atoms with Crippen molar-refractivity contribution >= 4 is 11.9 Å². The van der Waals surface area contributed by atoms with Crippen molar-refractivity contribution in [1.82, 2.24) is 10.2 Å². The average molecular weight is 326 g/mol. The number of nitriles is 1. The van der Waals surface area contributed by atoms with Crippen LogP contribution in [-0.4, -0.2) is 16.1 Å². The average Bonchev–Trinajstić information content (AvgIpc) is 3.03. The highest BCUT2D eigenvalue weighted by Crippen LogP contribution is 2.23. The summed E-state index contributed by atoms with van der Waals surface area (Å²) in [5, 5.41) is 18.3. The van der Waals surface area contributed by atoms with Gasteiger partial charge in [0, 0.05) is 11.6 Å². The van der Waals surface area contributed by atoms with Crippen LogP contribution in [0.4, 0.5) is 14.8 Å². The molecule has 3 aromatic rings. The van der Waals surface area contributed by atoms with Gasteiger partial charge < -0.3 is 4.42 Å². The molecule has 0 aliphatic heterocycles. The zero-order valence-electron chi connectivity index (χ0n) is 12.0. The highest BCUT2D eigenvalue weighted by Gasteiger charge is 2.16. The lowest BCUT2D eigenvalue weighted by Crippen LogP contribution is -2.11. The third-order valence-electron chi connectivity index (χ3n) is 3.08. The van der Waals surface area contributed by atoms with Crippen molar-refractivity contribution in [3.63, 3.8) is 0 Å². The molecule has 0 saturated carbocycles. The lowest BCUT2D eigenvalue weighted by atomic mass is 10.1. The Kier molecular flexibility index (Phi) is 3.99. The summed E-state index contributed by atoms with van der Waals surface area (Å²) in [6, 6.07) is 10.5. The van der Waals surface area contributed by atoms with Gasteiger partial charge in [0.05, 0.1) is 17.2 Å². The molecule has 0 aliphatic rings. The van der Waals surface area contributed by atoms with Crippen molar-refractivity contribution in [1.29, 1.82) is 5.26 Å². The summed E-state index contributed by atoms with van der Waals surface area (Å²) < 4.78 is 31.7. The Hall–Kier alpha value is -3.60. The highest BCUT2D eigenvalue weighted by molar-refractivity contribution is 6.03. The van der Waals surface area contributed by atoms with E-state index < -0.39 is 17.5 Å². The van der Waals surface area contributed by atoms with E-state index in [4.69, 9.17) is 9.68 Å². The number of benzene rings is 2. The highest BCUT2D eigenvalue weighted by atomic mass is 19.1. The number of aromatic nitrogens is 2. The second-order valence-electron chi connectivity index (χ2n) is 4.68. The van der Waals surface area contributed by atoms with Crippen molar-refractivity contribution in [2.45, 2.75) is 0 Å². The van der Waals surface area contributed by atoms with Gasteiger partial charge in [0.15, 0.2) is 0 Å². The van der Waals surface area contributed by atoms with Crippen molar-refractivity contribution in [2.24, 2.45) is 0 Å². The van der Waals surface area contributed by atoms with Crippen LogP contribution in [-0.2, 0) is 0 Å². The molecule has 1 aromatic heterocycles. The zero-order chi connectivity index (χ0) is 17.1. The molecule has 24 heavy (non-hydrogen) atoms. The molecule has 0 bridgehead atoms. The molecular weight excluding hydrogens is 318 g/mol. The number of hydrogen-bond donors (Lipinski definition) is 1. The Balaban J connectivity index is 1.78. The minimum Gasteiger partial charge on any atom is -0.403 e. The number of amides is 1. The molecule has 6 nitrogen and oxygen atoms in total. The Bertz CT molecular complexity index is 945. The lowest BCUT2D eigenvalue weighted by Gasteiger charge is -2.00. The number of anilines is 1. The van der Waals surface area contributed by atoms with Gasteiger partial charge in [-0.25, -0.2) is 8.78 Å². The summed E-state index contributed by atoms with van der Waals surface area (Å²) in [7, 11) is 0. The summed E-state index contributed by atoms with van der Waals surface area (Å²) in [4.78, 5) is 12.0. The maximum Gasteiger partial charge on any atom is 0.322 e. The summed E-state index contributed by atoms with van der Waals surface area (Å²) in [6.45, 7) is 0. The van der Waals surface area contributed by atoms with E-state index in [2.05, 4.69) is 15.5 Å². The molecule has 1 heterocycles. The van der Waals surface area contributed by atoms with Crippen LogP contribution in [0.3, 0.4) is 0 Å². The number of halogens is 2. The Morgan fingerprint density at radius 2 is 1.88 bits per heavy atom. The molecule has 0 atom stereocenters. The zero-order valence-corrected chi connectivity index (χ0v) is 12.0. The molecule has 0 saturated heterocycles. The molecular formula is C16H8F2N4O2. The smallest absolute Gasteiger partial charge is 0.322 e. The number of nitrogens with one attached hydrogen (secondary N) is 1. The van der Waals surface area contributed by atoms with Crippen LogP contribution < -0.4 is 5.32 Å². The third kappa shape index (κ3) is 3.10. The summed E-state index contributed by atoms with van der Waals surface area (Å²) >= 11 is 0. The summed E-state index contributed by atoms with van der Waals surface area (Å²) in [5.41, 5.74) is 0.614. The van der Waals surface area contributed by atoms with Gasteiger partial charge in [-0.3, -0.25) is 10.1 Å². The molecule has 0 radical (unpaired) electrons. The molecule has 0 aliphatic carbocycles. The number of nitrogens with zero attached hydrogens (tertiary/aromatic N) is 3. The van der Waals surface area contributed by atoms with E-state index in [1.807, 2.05) is 6.07 Å². The summed E-state index contributed by atoms with van der Waals surface area (Å²) in [6.07, 6.45) is 0. The maximum absolute atomic E-state index is 13.7. The van der Waals surface area contributed by atoms with Crippen LogP contribution >= 0.6 is 0 Å². The van der Waals surface area contributed by atoms with Gasteiger partial charge in [-0.15, -0.1) is 5.10 Å².